The summed E-state index contributed by atoms with van der Waals surface area (Å²) in [6.07, 6.45) is 0.999. The Kier molecular flexibility index (Phi) is 5.18. The molecule has 9 aromatic rings. The summed E-state index contributed by atoms with van der Waals surface area (Å²) in [5, 5.41) is 5.27. The van der Waals surface area contributed by atoms with Crippen molar-refractivity contribution in [1.82, 2.24) is 4.57 Å². The Balaban J connectivity index is 1.11. The van der Waals surface area contributed by atoms with Gasteiger partial charge in [0.15, 0.2) is 0 Å². The molecule has 0 saturated carbocycles. The van der Waals surface area contributed by atoms with E-state index in [1.165, 1.54) is 103 Å². The molecule has 2 heterocycles. The highest BCUT2D eigenvalue weighted by Gasteiger charge is 2.37. The lowest BCUT2D eigenvalue weighted by Gasteiger charge is -2.22. The summed E-state index contributed by atoms with van der Waals surface area (Å²) in [5.74, 6) is 0. The maximum absolute atomic E-state index is 2.50. The van der Waals surface area contributed by atoms with Crippen LogP contribution in [0.25, 0.3) is 81.0 Å². The molecule has 226 valence electrons. The number of hydrogen-bond acceptors (Lipinski definition) is 1. The molecule has 0 unspecified atom stereocenters. The zero-order valence-electron chi connectivity index (χ0n) is 26.8. The van der Waals surface area contributed by atoms with Gasteiger partial charge in [0.05, 0.1) is 11.0 Å². The number of nitrogens with zero attached hydrogens (tertiary/aromatic N) is 1. The van der Waals surface area contributed by atoms with Crippen molar-refractivity contribution in [2.75, 3.05) is 0 Å². The van der Waals surface area contributed by atoms with Crippen molar-refractivity contribution < 1.29 is 0 Å². The molecule has 0 spiro atoms. The summed E-state index contributed by atoms with van der Waals surface area (Å²) in [7, 11) is 0. The zero-order chi connectivity index (χ0) is 31.7. The first kappa shape index (κ1) is 26.6. The molecule has 11 rings (SSSR count). The number of fused-ring (bicyclic) bond motifs is 12. The van der Waals surface area contributed by atoms with E-state index in [-0.39, 0.29) is 5.41 Å². The summed E-state index contributed by atoms with van der Waals surface area (Å²) in [6.45, 7) is 4.75. The molecule has 0 atom stereocenters. The summed E-state index contributed by atoms with van der Waals surface area (Å²) in [4.78, 5) is 0. The van der Waals surface area contributed by atoms with E-state index in [2.05, 4.69) is 158 Å². The molecule has 2 aromatic heterocycles. The number of rotatable bonds is 2. The topological polar surface area (TPSA) is 4.93 Å². The van der Waals surface area contributed by atoms with Crippen LogP contribution in [0.3, 0.4) is 0 Å². The maximum Gasteiger partial charge on any atom is 0.0555 e. The van der Waals surface area contributed by atoms with Crippen molar-refractivity contribution in [3.63, 3.8) is 0 Å². The summed E-state index contributed by atoms with van der Waals surface area (Å²) in [5.41, 5.74) is 17.6. The van der Waals surface area contributed by atoms with E-state index in [9.17, 15) is 0 Å². The van der Waals surface area contributed by atoms with Gasteiger partial charge in [-0.25, -0.2) is 0 Å². The Hall–Kier alpha value is -5.44. The minimum atomic E-state index is 0.0239. The molecule has 0 fully saturated rings. The highest BCUT2D eigenvalue weighted by molar-refractivity contribution is 7.25. The van der Waals surface area contributed by atoms with Gasteiger partial charge in [-0.05, 0) is 117 Å². The summed E-state index contributed by atoms with van der Waals surface area (Å²) >= 11 is 1.89. The average Bonchev–Trinajstić information content (AvgIpc) is 3.83. The van der Waals surface area contributed by atoms with Crippen molar-refractivity contribution >= 4 is 53.3 Å². The number of para-hydroxylation sites is 1. The van der Waals surface area contributed by atoms with Crippen LogP contribution < -0.4 is 0 Å². The van der Waals surface area contributed by atoms with E-state index in [4.69, 9.17) is 0 Å². The van der Waals surface area contributed by atoms with Gasteiger partial charge in [0, 0.05) is 42.0 Å². The Morgan fingerprint density at radius 1 is 0.479 bits per heavy atom. The van der Waals surface area contributed by atoms with Crippen molar-refractivity contribution in [2.24, 2.45) is 0 Å². The van der Waals surface area contributed by atoms with Crippen LogP contribution in [0.15, 0.2) is 140 Å². The van der Waals surface area contributed by atoms with Crippen LogP contribution in [0.2, 0.25) is 0 Å². The average molecular weight is 630 g/mol. The molecule has 48 heavy (non-hydrogen) atoms. The molecule has 0 aliphatic heterocycles. The van der Waals surface area contributed by atoms with Crippen molar-refractivity contribution in [3.05, 3.63) is 162 Å². The highest BCUT2D eigenvalue weighted by atomic mass is 32.1. The van der Waals surface area contributed by atoms with Crippen LogP contribution >= 0.6 is 11.3 Å². The third-order valence-corrected chi connectivity index (χ3v) is 12.3. The molecule has 0 amide bonds. The minimum absolute atomic E-state index is 0.0239. The van der Waals surface area contributed by atoms with E-state index in [1.54, 1.807) is 0 Å². The second-order valence-electron chi connectivity index (χ2n) is 14.1. The van der Waals surface area contributed by atoms with Gasteiger partial charge in [-0.1, -0.05) is 98.8 Å². The second kappa shape index (κ2) is 9.34. The molecule has 2 aliphatic rings. The molecule has 0 radical (unpaired) electrons. The standard InChI is InChI=1S/C46H31NS/c1-46(2)40-14-8-6-12-32(40)36-24-35-30(23-41(36)46)20-29-17-16-27(21-34(29)35)28-18-19-42-37(22-28)38-25-39-33-13-7-9-15-44(33)48-45(39)26-43(38)47(42)31-10-4-3-5-11-31/h3-19,21-26H,20H2,1-2H3. The molecule has 7 aromatic carbocycles. The molecule has 0 bridgehead atoms. The van der Waals surface area contributed by atoms with Gasteiger partial charge < -0.3 is 4.57 Å². The molecule has 2 aliphatic carbocycles. The monoisotopic (exact) mass is 629 g/mol. The fourth-order valence-electron chi connectivity index (χ4n) is 8.83. The fraction of sp³-hybridized carbons (Fsp3) is 0.0870. The van der Waals surface area contributed by atoms with Gasteiger partial charge in [-0.3, -0.25) is 0 Å². The third-order valence-electron chi connectivity index (χ3n) is 11.2. The van der Waals surface area contributed by atoms with Gasteiger partial charge in [0.25, 0.3) is 0 Å². The van der Waals surface area contributed by atoms with Gasteiger partial charge in [0.1, 0.15) is 0 Å². The van der Waals surface area contributed by atoms with Crippen LogP contribution in [0, 0.1) is 0 Å². The van der Waals surface area contributed by atoms with Gasteiger partial charge >= 0.3 is 0 Å². The van der Waals surface area contributed by atoms with E-state index >= 15 is 0 Å². The Morgan fingerprint density at radius 3 is 2.15 bits per heavy atom. The first-order valence-electron chi connectivity index (χ1n) is 16.9. The predicted octanol–water partition coefficient (Wildman–Crippen LogP) is 12.7. The van der Waals surface area contributed by atoms with Crippen LogP contribution in [0.5, 0.6) is 0 Å². The lowest BCUT2D eigenvalue weighted by molar-refractivity contribution is 0.659. The van der Waals surface area contributed by atoms with Crippen molar-refractivity contribution in [2.45, 2.75) is 25.7 Å². The van der Waals surface area contributed by atoms with Gasteiger partial charge in [-0.2, -0.15) is 0 Å². The number of benzene rings is 7. The largest absolute Gasteiger partial charge is 0.309 e. The quantitative estimate of drug-likeness (QED) is 0.179. The van der Waals surface area contributed by atoms with E-state index < -0.39 is 0 Å². The Bertz CT molecular complexity index is 2830. The normalized spacial score (nSPS) is 14.1. The molecular weight excluding hydrogens is 599 g/mol. The lowest BCUT2D eigenvalue weighted by atomic mass is 9.81. The van der Waals surface area contributed by atoms with Gasteiger partial charge in [0.2, 0.25) is 0 Å². The van der Waals surface area contributed by atoms with E-state index in [1.807, 2.05) is 11.3 Å². The van der Waals surface area contributed by atoms with Crippen LogP contribution in [0.1, 0.15) is 36.1 Å². The van der Waals surface area contributed by atoms with Crippen LogP contribution in [-0.2, 0) is 11.8 Å². The predicted molar refractivity (Wildman–Crippen MR) is 205 cm³/mol. The van der Waals surface area contributed by atoms with Crippen LogP contribution in [-0.4, -0.2) is 4.57 Å². The Morgan fingerprint density at radius 2 is 1.23 bits per heavy atom. The van der Waals surface area contributed by atoms with E-state index in [0.717, 1.165) is 6.42 Å². The maximum atomic E-state index is 2.50. The Labute approximate surface area is 283 Å². The van der Waals surface area contributed by atoms with E-state index in [0.29, 0.717) is 0 Å². The third kappa shape index (κ3) is 3.51. The molecule has 2 heteroatoms. The van der Waals surface area contributed by atoms with Crippen LogP contribution in [0.4, 0.5) is 0 Å². The zero-order valence-corrected chi connectivity index (χ0v) is 27.7. The fourth-order valence-corrected chi connectivity index (χ4v) is 9.95. The number of aromatic nitrogens is 1. The number of hydrogen-bond donors (Lipinski definition) is 0. The van der Waals surface area contributed by atoms with Crippen molar-refractivity contribution in [3.8, 4) is 39.1 Å². The first-order valence-corrected chi connectivity index (χ1v) is 17.7. The summed E-state index contributed by atoms with van der Waals surface area (Å²) < 4.78 is 5.11. The second-order valence-corrected chi connectivity index (χ2v) is 15.2. The molecular formula is C46H31NS. The summed E-state index contributed by atoms with van der Waals surface area (Å²) in [6, 6.07) is 52.6. The molecule has 1 nitrogen and oxygen atoms in total. The lowest BCUT2D eigenvalue weighted by Crippen LogP contribution is -2.15. The SMILES string of the molecule is CC1(C)c2ccccc2-c2cc3c(cc21)Cc1ccc(-c2ccc4c(c2)c2cc5c(cc2n4-c2ccccc2)sc2ccccc25)cc1-3. The highest BCUT2D eigenvalue weighted by Crippen LogP contribution is 2.52. The molecule has 0 N–H and O–H groups in total. The van der Waals surface area contributed by atoms with Crippen molar-refractivity contribution in [1.29, 1.82) is 0 Å². The smallest absolute Gasteiger partial charge is 0.0555 e. The van der Waals surface area contributed by atoms with Gasteiger partial charge in [-0.15, -0.1) is 11.3 Å². The minimum Gasteiger partial charge on any atom is -0.309 e. The number of thiophene rings is 1. The first-order chi connectivity index (χ1) is 23.5. The molecule has 0 saturated heterocycles.